The molecule has 3 rings (SSSR count). The average molecular weight is 331 g/mol. The molecule has 0 radical (unpaired) electrons. The molecule has 5 heteroatoms. The minimum Gasteiger partial charge on any atom is -0.486 e. The molecular weight excluding hydrogens is 306 g/mol. The van der Waals surface area contributed by atoms with Crippen molar-refractivity contribution in [3.63, 3.8) is 0 Å². The molecule has 2 aliphatic rings. The molecule has 2 heterocycles. The lowest BCUT2D eigenvalue weighted by Crippen LogP contribution is -2.56. The number of para-hydroxylation sites is 1. The molecule has 2 aliphatic heterocycles. The summed E-state index contributed by atoms with van der Waals surface area (Å²) in [5.41, 5.74) is -0.365. The van der Waals surface area contributed by atoms with Crippen molar-refractivity contribution in [3.8, 4) is 5.75 Å². The summed E-state index contributed by atoms with van der Waals surface area (Å²) in [7, 11) is 0. The molecule has 0 unspecified atom stereocenters. The highest BCUT2D eigenvalue weighted by molar-refractivity contribution is 6.00. The van der Waals surface area contributed by atoms with Gasteiger partial charge in [0.15, 0.2) is 5.78 Å². The highest BCUT2D eigenvalue weighted by Gasteiger charge is 2.46. The Hall–Kier alpha value is -2.04. The smallest absolute Gasteiger partial charge is 0.410 e. The second-order valence-corrected chi connectivity index (χ2v) is 7.86. The summed E-state index contributed by atoms with van der Waals surface area (Å²) >= 11 is 0. The van der Waals surface area contributed by atoms with Gasteiger partial charge in [0.05, 0.1) is 12.0 Å². The number of ether oxygens (including phenoxy) is 2. The number of amides is 1. The van der Waals surface area contributed by atoms with E-state index < -0.39 is 11.2 Å². The van der Waals surface area contributed by atoms with Gasteiger partial charge < -0.3 is 14.4 Å². The van der Waals surface area contributed by atoms with Crippen LogP contribution in [0.4, 0.5) is 4.79 Å². The topological polar surface area (TPSA) is 55.8 Å². The molecule has 0 bridgehead atoms. The number of piperidine rings is 1. The van der Waals surface area contributed by atoms with Gasteiger partial charge in [-0.15, -0.1) is 0 Å². The molecule has 2 atom stereocenters. The third-order valence-corrected chi connectivity index (χ3v) is 4.63. The number of benzene rings is 1. The third kappa shape index (κ3) is 3.25. The fourth-order valence-electron chi connectivity index (χ4n) is 3.58. The molecular formula is C19H25NO4. The highest BCUT2D eigenvalue weighted by atomic mass is 16.6. The lowest BCUT2D eigenvalue weighted by Gasteiger charge is -2.47. The van der Waals surface area contributed by atoms with Crippen molar-refractivity contribution in [2.24, 2.45) is 0 Å². The van der Waals surface area contributed by atoms with Gasteiger partial charge in [-0.3, -0.25) is 4.79 Å². The molecule has 130 valence electrons. The molecule has 1 aromatic rings. The van der Waals surface area contributed by atoms with Gasteiger partial charge in [0, 0.05) is 25.4 Å². The first kappa shape index (κ1) is 16.8. The van der Waals surface area contributed by atoms with Crippen LogP contribution in [0.1, 0.15) is 57.3 Å². The molecule has 0 saturated carbocycles. The van der Waals surface area contributed by atoms with Gasteiger partial charge in [-0.05, 0) is 39.8 Å². The third-order valence-electron chi connectivity index (χ3n) is 4.63. The number of carbonyl (C=O) groups is 2. The lowest BCUT2D eigenvalue weighted by molar-refractivity contribution is -0.0406. The number of ketones is 1. The Morgan fingerprint density at radius 2 is 2.04 bits per heavy atom. The van der Waals surface area contributed by atoms with E-state index in [1.165, 1.54) is 0 Å². The Labute approximate surface area is 142 Å². The van der Waals surface area contributed by atoms with E-state index in [4.69, 9.17) is 9.47 Å². The van der Waals surface area contributed by atoms with Gasteiger partial charge in [-0.2, -0.15) is 0 Å². The van der Waals surface area contributed by atoms with Gasteiger partial charge in [0.1, 0.15) is 17.0 Å². The van der Waals surface area contributed by atoms with Crippen molar-refractivity contribution in [1.29, 1.82) is 0 Å². The minimum absolute atomic E-state index is 0.0355. The zero-order valence-corrected chi connectivity index (χ0v) is 14.8. The van der Waals surface area contributed by atoms with Crippen LogP contribution in [0, 0.1) is 0 Å². The van der Waals surface area contributed by atoms with Crippen LogP contribution in [0.25, 0.3) is 0 Å². The Kier molecular flexibility index (Phi) is 4.06. The molecule has 1 fully saturated rings. The summed E-state index contributed by atoms with van der Waals surface area (Å²) in [5, 5.41) is 0. The van der Waals surface area contributed by atoms with E-state index in [-0.39, 0.29) is 17.9 Å². The van der Waals surface area contributed by atoms with Crippen LogP contribution in [0.3, 0.4) is 0 Å². The number of hydrogen-bond donors (Lipinski definition) is 0. The van der Waals surface area contributed by atoms with E-state index in [1.807, 2.05) is 52.0 Å². The van der Waals surface area contributed by atoms with Gasteiger partial charge in [-0.25, -0.2) is 4.79 Å². The van der Waals surface area contributed by atoms with Gasteiger partial charge >= 0.3 is 6.09 Å². The van der Waals surface area contributed by atoms with Crippen molar-refractivity contribution in [2.45, 2.75) is 64.2 Å². The first-order valence-electron chi connectivity index (χ1n) is 8.50. The predicted octanol–water partition coefficient (Wildman–Crippen LogP) is 3.81. The maximum Gasteiger partial charge on any atom is 0.410 e. The van der Waals surface area contributed by atoms with E-state index >= 15 is 0 Å². The predicted molar refractivity (Wildman–Crippen MR) is 90.4 cm³/mol. The van der Waals surface area contributed by atoms with Crippen molar-refractivity contribution in [3.05, 3.63) is 29.8 Å². The average Bonchev–Trinajstić information content (AvgIpc) is 2.45. The first-order chi connectivity index (χ1) is 11.2. The van der Waals surface area contributed by atoms with Crippen molar-refractivity contribution in [2.75, 3.05) is 6.54 Å². The molecule has 1 aromatic carbocycles. The van der Waals surface area contributed by atoms with E-state index in [1.54, 1.807) is 4.90 Å². The van der Waals surface area contributed by atoms with Crippen LogP contribution in [0.15, 0.2) is 24.3 Å². The summed E-state index contributed by atoms with van der Waals surface area (Å²) in [6, 6.07) is 7.35. The summed E-state index contributed by atoms with van der Waals surface area (Å²) < 4.78 is 11.7. The maximum atomic E-state index is 12.5. The zero-order chi connectivity index (χ0) is 17.5. The van der Waals surface area contributed by atoms with Gasteiger partial charge in [0.2, 0.25) is 0 Å². The molecule has 5 nitrogen and oxygen atoms in total. The van der Waals surface area contributed by atoms with Crippen molar-refractivity contribution in [1.82, 2.24) is 4.90 Å². The Bertz CT molecular complexity index is 664. The number of Topliss-reactive ketones (excluding diaryl/α,β-unsaturated/α-hetero) is 1. The monoisotopic (exact) mass is 331 g/mol. The summed E-state index contributed by atoms with van der Waals surface area (Å²) in [5.74, 6) is 0.779. The molecule has 0 N–H and O–H groups in total. The molecule has 24 heavy (non-hydrogen) atoms. The minimum atomic E-state index is -0.512. The summed E-state index contributed by atoms with van der Waals surface area (Å²) in [6.07, 6.45) is 1.34. The second kappa shape index (κ2) is 5.80. The van der Waals surface area contributed by atoms with E-state index in [2.05, 4.69) is 0 Å². The Morgan fingerprint density at radius 1 is 1.33 bits per heavy atom. The van der Waals surface area contributed by atoms with Crippen LogP contribution >= 0.6 is 0 Å². The number of carbonyl (C=O) groups excluding carboxylic acids is 2. The van der Waals surface area contributed by atoms with Gasteiger partial charge in [-0.1, -0.05) is 12.1 Å². The zero-order valence-electron chi connectivity index (χ0n) is 14.8. The fraction of sp³-hybridized carbons (Fsp3) is 0.579. The number of hydrogen-bond acceptors (Lipinski definition) is 4. The highest BCUT2D eigenvalue weighted by Crippen LogP contribution is 2.41. The van der Waals surface area contributed by atoms with Crippen LogP contribution in [0.5, 0.6) is 5.75 Å². The fourth-order valence-corrected chi connectivity index (χ4v) is 3.58. The van der Waals surface area contributed by atoms with E-state index in [9.17, 15) is 9.59 Å². The standard InChI is InChI=1S/C19H25NO4/c1-13-11-19(9-10-20(13)17(22)24-18(2,3)4)12-15(21)14-7-5-6-8-16(14)23-19/h5-8,13H,9-12H2,1-4H3/t13-,19-/m1/s1. The molecule has 0 aromatic heterocycles. The maximum absolute atomic E-state index is 12.5. The molecule has 1 amide bonds. The van der Waals surface area contributed by atoms with Crippen molar-refractivity contribution >= 4 is 11.9 Å². The number of likely N-dealkylation sites (tertiary alicyclic amines) is 1. The van der Waals surface area contributed by atoms with Crippen LogP contribution in [-0.4, -0.2) is 40.6 Å². The first-order valence-corrected chi connectivity index (χ1v) is 8.50. The lowest BCUT2D eigenvalue weighted by atomic mass is 9.80. The van der Waals surface area contributed by atoms with Crippen molar-refractivity contribution < 1.29 is 19.1 Å². The number of rotatable bonds is 0. The summed E-state index contributed by atoms with van der Waals surface area (Å²) in [4.78, 5) is 26.6. The van der Waals surface area contributed by atoms with Crippen LogP contribution in [0.2, 0.25) is 0 Å². The Balaban J connectivity index is 1.74. The number of fused-ring (bicyclic) bond motifs is 1. The number of nitrogens with zero attached hydrogens (tertiary/aromatic N) is 1. The van der Waals surface area contributed by atoms with E-state index in [0.717, 1.165) is 0 Å². The quantitative estimate of drug-likeness (QED) is 0.725. The van der Waals surface area contributed by atoms with Crippen LogP contribution in [-0.2, 0) is 4.74 Å². The van der Waals surface area contributed by atoms with E-state index in [0.29, 0.717) is 37.1 Å². The molecule has 1 spiro atoms. The largest absolute Gasteiger partial charge is 0.486 e. The summed E-state index contributed by atoms with van der Waals surface area (Å²) in [6.45, 7) is 8.10. The second-order valence-electron chi connectivity index (χ2n) is 7.86. The SMILES string of the molecule is C[C@@H]1C[C@]2(CCN1C(=O)OC(C)(C)C)CC(=O)c1ccccc1O2. The normalized spacial score (nSPS) is 26.8. The van der Waals surface area contributed by atoms with Gasteiger partial charge in [0.25, 0.3) is 0 Å². The Morgan fingerprint density at radius 3 is 2.71 bits per heavy atom. The molecule has 0 aliphatic carbocycles. The molecule has 1 saturated heterocycles. The van der Waals surface area contributed by atoms with Crippen LogP contribution < -0.4 is 4.74 Å².